The van der Waals surface area contributed by atoms with Gasteiger partial charge in [0.15, 0.2) is 5.43 Å². The van der Waals surface area contributed by atoms with Crippen LogP contribution in [0.4, 0.5) is 0 Å². The van der Waals surface area contributed by atoms with E-state index in [1.54, 1.807) is 17.4 Å². The first kappa shape index (κ1) is 22.5. The summed E-state index contributed by atoms with van der Waals surface area (Å²) in [5.74, 6) is 2.75. The molecule has 4 aliphatic carbocycles. The molecule has 3 heterocycles. The fraction of sp³-hybridized carbons (Fsp3) is 0.643. The van der Waals surface area contributed by atoms with Crippen LogP contribution in [-0.4, -0.2) is 52.0 Å². The number of hydrogen-bond donors (Lipinski definition) is 0. The van der Waals surface area contributed by atoms with E-state index < -0.39 is 0 Å². The van der Waals surface area contributed by atoms with Gasteiger partial charge in [0, 0.05) is 54.0 Å². The number of aryl methyl sites for hydroxylation is 1. The van der Waals surface area contributed by atoms with Crippen LogP contribution in [-0.2, 0) is 13.0 Å². The van der Waals surface area contributed by atoms with Crippen molar-refractivity contribution in [2.24, 2.45) is 17.8 Å². The Balaban J connectivity index is 1.21. The summed E-state index contributed by atoms with van der Waals surface area (Å²) in [6.07, 6.45) is 9.18. The number of amides is 1. The van der Waals surface area contributed by atoms with Gasteiger partial charge < -0.3 is 9.47 Å². The highest BCUT2D eigenvalue weighted by Crippen LogP contribution is 2.57. The lowest BCUT2D eigenvalue weighted by atomic mass is 9.52. The van der Waals surface area contributed by atoms with Crippen molar-refractivity contribution in [3.63, 3.8) is 0 Å². The maximum atomic E-state index is 13.7. The fourth-order valence-corrected chi connectivity index (χ4v) is 8.89. The molecule has 0 spiro atoms. The number of carbonyl (C=O) groups excluding carboxylic acids is 1. The van der Waals surface area contributed by atoms with E-state index >= 15 is 0 Å². The predicted octanol–water partition coefficient (Wildman–Crippen LogP) is 4.56. The number of rotatable bonds is 5. The second-order valence-electron chi connectivity index (χ2n) is 11.4. The van der Waals surface area contributed by atoms with Crippen molar-refractivity contribution in [1.82, 2.24) is 14.4 Å². The minimum Gasteiger partial charge on any atom is -0.343 e. The number of pyridine rings is 1. The van der Waals surface area contributed by atoms with E-state index in [2.05, 4.69) is 33.9 Å². The van der Waals surface area contributed by atoms with E-state index in [0.717, 1.165) is 55.3 Å². The Labute approximate surface area is 206 Å². The molecule has 0 atom stereocenters. The maximum Gasteiger partial charge on any atom is 0.259 e. The second-order valence-corrected chi connectivity index (χ2v) is 12.4. The zero-order valence-corrected chi connectivity index (χ0v) is 21.4. The Morgan fingerprint density at radius 2 is 1.71 bits per heavy atom. The van der Waals surface area contributed by atoms with E-state index in [1.807, 2.05) is 11.8 Å². The van der Waals surface area contributed by atoms with Gasteiger partial charge in [-0.2, -0.15) is 0 Å². The zero-order valence-electron chi connectivity index (χ0n) is 20.6. The van der Waals surface area contributed by atoms with Crippen LogP contribution in [0.1, 0.15) is 72.1 Å². The van der Waals surface area contributed by atoms with Gasteiger partial charge in [0.2, 0.25) is 0 Å². The van der Waals surface area contributed by atoms with Crippen molar-refractivity contribution in [2.75, 3.05) is 26.2 Å². The summed E-state index contributed by atoms with van der Waals surface area (Å²) in [6, 6.07) is 5.83. The molecule has 4 bridgehead atoms. The maximum absolute atomic E-state index is 13.7. The van der Waals surface area contributed by atoms with Crippen LogP contribution in [0.3, 0.4) is 0 Å². The molecule has 6 heteroatoms. The molecule has 1 saturated heterocycles. The number of hydrogen-bond acceptors (Lipinski definition) is 4. The molecule has 5 aliphatic rings. The normalized spacial score (nSPS) is 30.8. The molecule has 1 amide bonds. The quantitative estimate of drug-likeness (QED) is 0.632. The number of piperazine rings is 1. The van der Waals surface area contributed by atoms with E-state index in [4.69, 9.17) is 0 Å². The SMILES string of the molecule is CCc1c(C(=O)N2CCN(C34CC5CC(CC(C5)C3)C4)CC2)c(=O)cc(C)n1Cc1cccs1. The molecule has 0 radical (unpaired) electrons. The van der Waals surface area contributed by atoms with Crippen LogP contribution in [0.25, 0.3) is 0 Å². The first-order valence-corrected chi connectivity index (χ1v) is 14.1. The van der Waals surface area contributed by atoms with E-state index in [0.29, 0.717) is 24.1 Å². The smallest absolute Gasteiger partial charge is 0.259 e. The number of aromatic nitrogens is 1. The summed E-state index contributed by atoms with van der Waals surface area (Å²) in [5.41, 5.74) is 2.49. The van der Waals surface area contributed by atoms with Gasteiger partial charge >= 0.3 is 0 Å². The van der Waals surface area contributed by atoms with Crippen molar-refractivity contribution in [1.29, 1.82) is 0 Å². The molecule has 34 heavy (non-hydrogen) atoms. The van der Waals surface area contributed by atoms with Crippen LogP contribution in [0, 0.1) is 24.7 Å². The van der Waals surface area contributed by atoms with Gasteiger partial charge in [-0.25, -0.2) is 0 Å². The lowest BCUT2D eigenvalue weighted by Crippen LogP contribution is -2.64. The van der Waals surface area contributed by atoms with Crippen LogP contribution in [0.5, 0.6) is 0 Å². The Kier molecular flexibility index (Phi) is 5.72. The molecule has 5 fully saturated rings. The van der Waals surface area contributed by atoms with E-state index in [9.17, 15) is 9.59 Å². The lowest BCUT2D eigenvalue weighted by Gasteiger charge is -2.61. The molecule has 182 valence electrons. The lowest BCUT2D eigenvalue weighted by molar-refractivity contribution is -0.0987. The van der Waals surface area contributed by atoms with Gasteiger partial charge in [0.05, 0.1) is 6.54 Å². The summed E-state index contributed by atoms with van der Waals surface area (Å²) in [5, 5.41) is 2.08. The van der Waals surface area contributed by atoms with Crippen LogP contribution < -0.4 is 5.43 Å². The van der Waals surface area contributed by atoms with Crippen molar-refractivity contribution < 1.29 is 4.79 Å². The summed E-state index contributed by atoms with van der Waals surface area (Å²) in [4.78, 5) is 32.7. The largest absolute Gasteiger partial charge is 0.343 e. The number of nitrogens with zero attached hydrogens (tertiary/aromatic N) is 3. The molecular weight excluding hydrogens is 442 g/mol. The molecule has 2 aromatic rings. The first-order chi connectivity index (χ1) is 16.5. The molecule has 7 rings (SSSR count). The highest BCUT2D eigenvalue weighted by molar-refractivity contribution is 7.09. The molecule has 0 unspecified atom stereocenters. The van der Waals surface area contributed by atoms with Crippen LogP contribution in [0.2, 0.25) is 0 Å². The summed E-state index contributed by atoms with van der Waals surface area (Å²) in [6.45, 7) is 8.13. The molecule has 2 aromatic heterocycles. The standard InChI is InChI=1S/C28H37N3O2S/c1-3-24-26(25(32)11-19(2)31(24)18-23-5-4-10-34-23)27(33)29-6-8-30(9-7-29)28-15-20-12-21(16-28)14-22(13-20)17-28/h4-5,10-11,20-22H,3,6-9,12-18H2,1-2H3. The third-order valence-corrected chi connectivity index (χ3v) is 10.2. The Morgan fingerprint density at radius 1 is 1.06 bits per heavy atom. The zero-order chi connectivity index (χ0) is 23.4. The molecule has 1 aliphatic heterocycles. The number of thiophene rings is 1. The Bertz CT molecular complexity index is 1090. The topological polar surface area (TPSA) is 45.6 Å². The minimum absolute atomic E-state index is 0.0630. The summed E-state index contributed by atoms with van der Waals surface area (Å²) < 4.78 is 2.17. The van der Waals surface area contributed by atoms with Gasteiger partial charge in [-0.3, -0.25) is 14.5 Å². The highest BCUT2D eigenvalue weighted by atomic mass is 32.1. The van der Waals surface area contributed by atoms with Crippen molar-refractivity contribution in [3.05, 3.63) is 55.6 Å². The van der Waals surface area contributed by atoms with Gasteiger partial charge in [-0.1, -0.05) is 13.0 Å². The van der Waals surface area contributed by atoms with Crippen molar-refractivity contribution >= 4 is 17.2 Å². The molecule has 4 saturated carbocycles. The van der Waals surface area contributed by atoms with Gasteiger partial charge in [0.25, 0.3) is 5.91 Å². The summed E-state index contributed by atoms with van der Waals surface area (Å²) >= 11 is 1.72. The average Bonchev–Trinajstić information content (AvgIpc) is 3.33. The van der Waals surface area contributed by atoms with Gasteiger partial charge in [-0.05, 0) is 81.1 Å². The van der Waals surface area contributed by atoms with Gasteiger partial charge in [0.1, 0.15) is 5.56 Å². The van der Waals surface area contributed by atoms with E-state index in [-0.39, 0.29) is 11.3 Å². The highest BCUT2D eigenvalue weighted by Gasteiger charge is 2.53. The summed E-state index contributed by atoms with van der Waals surface area (Å²) in [7, 11) is 0. The minimum atomic E-state index is -0.120. The third-order valence-electron chi connectivity index (χ3n) is 9.31. The van der Waals surface area contributed by atoms with Crippen molar-refractivity contribution in [3.8, 4) is 0 Å². The number of carbonyl (C=O) groups is 1. The second kappa shape index (κ2) is 8.63. The van der Waals surface area contributed by atoms with Crippen LogP contribution in [0.15, 0.2) is 28.4 Å². The Hall–Kier alpha value is -1.92. The predicted molar refractivity (Wildman–Crippen MR) is 137 cm³/mol. The molecular formula is C28H37N3O2S. The first-order valence-electron chi connectivity index (χ1n) is 13.3. The molecule has 0 aromatic carbocycles. The molecule has 5 nitrogen and oxygen atoms in total. The Morgan fingerprint density at radius 3 is 2.26 bits per heavy atom. The fourth-order valence-electron chi connectivity index (χ4n) is 8.20. The van der Waals surface area contributed by atoms with E-state index in [1.165, 1.54) is 43.4 Å². The average molecular weight is 480 g/mol. The van der Waals surface area contributed by atoms with Crippen LogP contribution >= 0.6 is 11.3 Å². The third kappa shape index (κ3) is 3.78. The van der Waals surface area contributed by atoms with Crippen molar-refractivity contribution in [2.45, 2.75) is 70.9 Å². The van der Waals surface area contributed by atoms with Gasteiger partial charge in [-0.15, -0.1) is 11.3 Å². The molecule has 0 N–H and O–H groups in total. The monoisotopic (exact) mass is 479 g/mol.